The minimum atomic E-state index is 0.495. The van der Waals surface area contributed by atoms with E-state index in [0.717, 1.165) is 36.1 Å². The molecule has 0 bridgehead atoms. The standard InChI is InChI=1S/C16H22N4/c1-12-11-19(2)8-3-9-20(12)16-5-4-15(17)13-6-7-18-10-14(13)16/h4-7,10,12H,3,8-9,11,17H2,1-2H3. The van der Waals surface area contributed by atoms with Crippen molar-refractivity contribution in [2.45, 2.75) is 19.4 Å². The lowest BCUT2D eigenvalue weighted by molar-refractivity contribution is 0.337. The van der Waals surface area contributed by atoms with E-state index in [4.69, 9.17) is 5.73 Å². The third-order valence-corrected chi connectivity index (χ3v) is 4.19. The molecule has 1 aliphatic heterocycles. The van der Waals surface area contributed by atoms with E-state index < -0.39 is 0 Å². The van der Waals surface area contributed by atoms with E-state index in [-0.39, 0.29) is 0 Å². The molecule has 1 saturated heterocycles. The Morgan fingerprint density at radius 2 is 2.05 bits per heavy atom. The number of nitrogens with two attached hydrogens (primary N) is 1. The number of fused-ring (bicyclic) bond motifs is 1. The number of rotatable bonds is 1. The van der Waals surface area contributed by atoms with Gasteiger partial charge in [0.05, 0.1) is 0 Å². The molecule has 1 aliphatic rings. The van der Waals surface area contributed by atoms with Gasteiger partial charge >= 0.3 is 0 Å². The molecule has 106 valence electrons. The molecule has 1 unspecified atom stereocenters. The number of hydrogen-bond donors (Lipinski definition) is 1. The Kier molecular flexibility index (Phi) is 3.49. The molecule has 2 aromatic rings. The van der Waals surface area contributed by atoms with Crippen LogP contribution >= 0.6 is 0 Å². The minimum absolute atomic E-state index is 0.495. The lowest BCUT2D eigenvalue weighted by Gasteiger charge is -2.31. The third-order valence-electron chi connectivity index (χ3n) is 4.19. The monoisotopic (exact) mass is 270 g/mol. The van der Waals surface area contributed by atoms with Crippen LogP contribution in [-0.4, -0.2) is 42.6 Å². The summed E-state index contributed by atoms with van der Waals surface area (Å²) < 4.78 is 0. The summed E-state index contributed by atoms with van der Waals surface area (Å²) >= 11 is 0. The number of nitrogen functional groups attached to an aromatic ring is 1. The summed E-state index contributed by atoms with van der Waals surface area (Å²) in [5.41, 5.74) is 8.17. The van der Waals surface area contributed by atoms with Crippen LogP contribution in [0.5, 0.6) is 0 Å². The molecule has 0 saturated carbocycles. The maximum Gasteiger partial charge on any atom is 0.0465 e. The number of pyridine rings is 1. The van der Waals surface area contributed by atoms with Crippen LogP contribution in [0.15, 0.2) is 30.6 Å². The van der Waals surface area contributed by atoms with E-state index in [9.17, 15) is 0 Å². The predicted molar refractivity (Wildman–Crippen MR) is 85.1 cm³/mol. The predicted octanol–water partition coefficient (Wildman–Crippen LogP) is 2.35. The molecule has 1 atom stereocenters. The van der Waals surface area contributed by atoms with Crippen molar-refractivity contribution in [3.8, 4) is 0 Å². The Morgan fingerprint density at radius 3 is 2.90 bits per heavy atom. The number of likely N-dealkylation sites (N-methyl/N-ethyl adjacent to an activating group) is 1. The van der Waals surface area contributed by atoms with E-state index in [1.807, 2.05) is 24.5 Å². The van der Waals surface area contributed by atoms with Gasteiger partial charge in [0.1, 0.15) is 0 Å². The number of benzene rings is 1. The smallest absolute Gasteiger partial charge is 0.0465 e. The second kappa shape index (κ2) is 5.29. The van der Waals surface area contributed by atoms with Gasteiger partial charge in [0.15, 0.2) is 0 Å². The molecule has 0 spiro atoms. The number of nitrogens with zero attached hydrogens (tertiary/aromatic N) is 3. The van der Waals surface area contributed by atoms with Gasteiger partial charge in [-0.3, -0.25) is 4.98 Å². The van der Waals surface area contributed by atoms with Crippen molar-refractivity contribution < 1.29 is 0 Å². The summed E-state index contributed by atoms with van der Waals surface area (Å²) in [6.45, 7) is 5.62. The van der Waals surface area contributed by atoms with Crippen molar-refractivity contribution in [3.05, 3.63) is 30.6 Å². The largest absolute Gasteiger partial charge is 0.398 e. The van der Waals surface area contributed by atoms with Crippen molar-refractivity contribution in [2.75, 3.05) is 37.3 Å². The van der Waals surface area contributed by atoms with E-state index >= 15 is 0 Å². The summed E-state index contributed by atoms with van der Waals surface area (Å²) in [5, 5.41) is 2.26. The lowest BCUT2D eigenvalue weighted by atomic mass is 10.1. The zero-order valence-corrected chi connectivity index (χ0v) is 12.2. The summed E-state index contributed by atoms with van der Waals surface area (Å²) in [5.74, 6) is 0. The molecule has 1 aromatic carbocycles. The quantitative estimate of drug-likeness (QED) is 0.808. The fourth-order valence-electron chi connectivity index (χ4n) is 3.18. The average Bonchev–Trinajstić information content (AvgIpc) is 2.61. The Morgan fingerprint density at radius 1 is 1.20 bits per heavy atom. The van der Waals surface area contributed by atoms with E-state index in [2.05, 4.69) is 34.8 Å². The molecule has 2 heterocycles. The number of anilines is 2. The van der Waals surface area contributed by atoms with Crippen LogP contribution in [0, 0.1) is 0 Å². The van der Waals surface area contributed by atoms with Crippen LogP contribution < -0.4 is 10.6 Å². The fraction of sp³-hybridized carbons (Fsp3) is 0.438. The van der Waals surface area contributed by atoms with Gasteiger partial charge in [-0.2, -0.15) is 0 Å². The van der Waals surface area contributed by atoms with Crippen LogP contribution in [0.1, 0.15) is 13.3 Å². The zero-order valence-electron chi connectivity index (χ0n) is 12.2. The summed E-state index contributed by atoms with van der Waals surface area (Å²) in [6, 6.07) is 6.65. The molecule has 0 amide bonds. The molecule has 1 fully saturated rings. The molecule has 0 aliphatic carbocycles. The lowest BCUT2D eigenvalue weighted by Crippen LogP contribution is -2.38. The van der Waals surface area contributed by atoms with Gasteiger partial charge in [-0.25, -0.2) is 0 Å². The Labute approximate surface area is 120 Å². The second-order valence-corrected chi connectivity index (χ2v) is 5.75. The first-order valence-corrected chi connectivity index (χ1v) is 7.24. The molecule has 1 aromatic heterocycles. The van der Waals surface area contributed by atoms with Gasteiger partial charge in [0.25, 0.3) is 0 Å². The topological polar surface area (TPSA) is 45.4 Å². The molecule has 20 heavy (non-hydrogen) atoms. The van der Waals surface area contributed by atoms with Gasteiger partial charge in [-0.15, -0.1) is 0 Å². The third kappa shape index (κ3) is 2.31. The molecular weight excluding hydrogens is 248 g/mol. The minimum Gasteiger partial charge on any atom is -0.398 e. The first kappa shape index (κ1) is 13.2. The SMILES string of the molecule is CC1CN(C)CCCN1c1ccc(N)c2ccncc12. The highest BCUT2D eigenvalue weighted by atomic mass is 15.2. The molecule has 3 rings (SSSR count). The maximum absolute atomic E-state index is 6.09. The zero-order chi connectivity index (χ0) is 14.1. The molecule has 0 radical (unpaired) electrons. The molecular formula is C16H22N4. The highest BCUT2D eigenvalue weighted by Gasteiger charge is 2.21. The second-order valence-electron chi connectivity index (χ2n) is 5.75. The van der Waals surface area contributed by atoms with Crippen molar-refractivity contribution >= 4 is 22.1 Å². The summed E-state index contributed by atoms with van der Waals surface area (Å²) in [6.07, 6.45) is 4.93. The van der Waals surface area contributed by atoms with Gasteiger partial charge in [-0.05, 0) is 45.1 Å². The van der Waals surface area contributed by atoms with Crippen molar-refractivity contribution in [1.29, 1.82) is 0 Å². The van der Waals surface area contributed by atoms with Crippen LogP contribution in [0.2, 0.25) is 0 Å². The normalized spacial score (nSPS) is 21.1. The average molecular weight is 270 g/mol. The Bertz CT molecular complexity index is 610. The number of hydrogen-bond acceptors (Lipinski definition) is 4. The summed E-state index contributed by atoms with van der Waals surface area (Å²) in [4.78, 5) is 9.18. The van der Waals surface area contributed by atoms with Gasteiger partial charge in [0.2, 0.25) is 0 Å². The van der Waals surface area contributed by atoms with Crippen molar-refractivity contribution in [1.82, 2.24) is 9.88 Å². The highest BCUT2D eigenvalue weighted by molar-refractivity contribution is 6.00. The van der Waals surface area contributed by atoms with E-state index in [0.29, 0.717) is 6.04 Å². The number of aromatic nitrogens is 1. The van der Waals surface area contributed by atoms with Crippen LogP contribution in [-0.2, 0) is 0 Å². The van der Waals surface area contributed by atoms with Gasteiger partial charge in [-0.1, -0.05) is 0 Å². The van der Waals surface area contributed by atoms with Gasteiger partial charge < -0.3 is 15.5 Å². The van der Waals surface area contributed by atoms with Gasteiger partial charge in [0, 0.05) is 53.7 Å². The first-order chi connectivity index (χ1) is 9.66. The molecule has 4 heteroatoms. The van der Waals surface area contributed by atoms with E-state index in [1.165, 1.54) is 12.1 Å². The van der Waals surface area contributed by atoms with Crippen molar-refractivity contribution in [2.24, 2.45) is 0 Å². The maximum atomic E-state index is 6.09. The fourth-order valence-corrected chi connectivity index (χ4v) is 3.18. The summed E-state index contributed by atoms with van der Waals surface area (Å²) in [7, 11) is 2.20. The van der Waals surface area contributed by atoms with E-state index in [1.54, 1.807) is 0 Å². The highest BCUT2D eigenvalue weighted by Crippen LogP contribution is 2.32. The first-order valence-electron chi connectivity index (χ1n) is 7.24. The van der Waals surface area contributed by atoms with Crippen LogP contribution in [0.4, 0.5) is 11.4 Å². The van der Waals surface area contributed by atoms with Crippen LogP contribution in [0.3, 0.4) is 0 Å². The van der Waals surface area contributed by atoms with Crippen molar-refractivity contribution in [3.63, 3.8) is 0 Å². The molecule has 2 N–H and O–H groups in total. The Hall–Kier alpha value is -1.81. The molecule has 4 nitrogen and oxygen atoms in total. The Balaban J connectivity index is 2.07. The van der Waals surface area contributed by atoms with Crippen LogP contribution in [0.25, 0.3) is 10.8 Å².